The van der Waals surface area contributed by atoms with Gasteiger partial charge in [0.1, 0.15) is 0 Å². The number of benzene rings is 2. The Morgan fingerprint density at radius 3 is 2.48 bits per heavy atom. The first-order valence-corrected chi connectivity index (χ1v) is 8.18. The van der Waals surface area contributed by atoms with Crippen LogP contribution in [0.5, 0.6) is 0 Å². The summed E-state index contributed by atoms with van der Waals surface area (Å²) in [6.07, 6.45) is 0. The van der Waals surface area contributed by atoms with Crippen molar-refractivity contribution in [1.82, 2.24) is 10.2 Å². The fraction of sp³-hybridized carbons (Fsp3) is 0.278. The molecule has 0 aliphatic rings. The van der Waals surface area contributed by atoms with E-state index in [0.717, 1.165) is 11.1 Å². The Morgan fingerprint density at radius 1 is 1.13 bits per heavy atom. The number of hydrogen-bond acceptors (Lipinski definition) is 2. The predicted octanol–water partition coefficient (Wildman–Crippen LogP) is 4.30. The Kier molecular flexibility index (Phi) is 6.46. The largest absolute Gasteiger partial charge is 0.348 e. The van der Waals surface area contributed by atoms with Crippen molar-refractivity contribution >= 4 is 29.1 Å². The highest BCUT2D eigenvalue weighted by Gasteiger charge is 2.12. The van der Waals surface area contributed by atoms with Crippen molar-refractivity contribution in [3.05, 3.63) is 69.7 Å². The van der Waals surface area contributed by atoms with E-state index in [-0.39, 0.29) is 11.9 Å². The lowest BCUT2D eigenvalue weighted by Gasteiger charge is -2.19. The number of nitrogens with one attached hydrogen (secondary N) is 1. The highest BCUT2D eigenvalue weighted by Crippen LogP contribution is 2.23. The van der Waals surface area contributed by atoms with E-state index in [9.17, 15) is 4.79 Å². The van der Waals surface area contributed by atoms with E-state index in [1.165, 1.54) is 0 Å². The average molecular weight is 351 g/mol. The SMILES string of the molecule is C[C@@H](NC(=O)CN(C)Cc1ccc(Cl)c(Cl)c1)c1ccccc1. The number of carbonyl (C=O) groups is 1. The smallest absolute Gasteiger partial charge is 0.234 e. The number of nitrogens with zero attached hydrogens (tertiary/aromatic N) is 1. The van der Waals surface area contributed by atoms with Gasteiger partial charge in [-0.2, -0.15) is 0 Å². The highest BCUT2D eigenvalue weighted by molar-refractivity contribution is 6.42. The molecule has 0 saturated carbocycles. The summed E-state index contributed by atoms with van der Waals surface area (Å²) >= 11 is 11.9. The molecule has 0 aromatic heterocycles. The second kappa shape index (κ2) is 8.34. The molecule has 0 spiro atoms. The van der Waals surface area contributed by atoms with Gasteiger partial charge in [0.15, 0.2) is 0 Å². The monoisotopic (exact) mass is 350 g/mol. The third-order valence-electron chi connectivity index (χ3n) is 3.53. The molecule has 0 saturated heterocycles. The number of rotatable bonds is 6. The van der Waals surface area contributed by atoms with Gasteiger partial charge in [-0.05, 0) is 37.2 Å². The first-order chi connectivity index (χ1) is 11.0. The molecule has 0 unspecified atom stereocenters. The normalized spacial score (nSPS) is 12.2. The van der Waals surface area contributed by atoms with Gasteiger partial charge in [0.2, 0.25) is 5.91 Å². The van der Waals surface area contributed by atoms with Crippen molar-refractivity contribution in [1.29, 1.82) is 0 Å². The summed E-state index contributed by atoms with van der Waals surface area (Å²) in [5.41, 5.74) is 2.11. The van der Waals surface area contributed by atoms with Crippen LogP contribution in [0.4, 0.5) is 0 Å². The first kappa shape index (κ1) is 17.8. The number of likely N-dealkylation sites (N-methyl/N-ethyl adjacent to an activating group) is 1. The van der Waals surface area contributed by atoms with E-state index >= 15 is 0 Å². The third-order valence-corrected chi connectivity index (χ3v) is 4.27. The Hall–Kier alpha value is -1.55. The van der Waals surface area contributed by atoms with Crippen LogP contribution in [0.2, 0.25) is 10.0 Å². The van der Waals surface area contributed by atoms with Crippen molar-refractivity contribution in [3.8, 4) is 0 Å². The van der Waals surface area contributed by atoms with Crippen LogP contribution in [0.1, 0.15) is 24.1 Å². The number of carbonyl (C=O) groups excluding carboxylic acids is 1. The quantitative estimate of drug-likeness (QED) is 0.842. The van der Waals surface area contributed by atoms with Crippen LogP contribution < -0.4 is 5.32 Å². The summed E-state index contributed by atoms with van der Waals surface area (Å²) < 4.78 is 0. The van der Waals surface area contributed by atoms with E-state index in [4.69, 9.17) is 23.2 Å². The lowest BCUT2D eigenvalue weighted by Crippen LogP contribution is -2.36. The van der Waals surface area contributed by atoms with Crippen LogP contribution >= 0.6 is 23.2 Å². The molecule has 122 valence electrons. The molecule has 2 rings (SSSR count). The average Bonchev–Trinajstić information content (AvgIpc) is 2.51. The molecule has 0 aliphatic carbocycles. The number of amides is 1. The zero-order chi connectivity index (χ0) is 16.8. The molecule has 0 bridgehead atoms. The maximum atomic E-state index is 12.1. The van der Waals surface area contributed by atoms with Crippen LogP contribution in [-0.4, -0.2) is 24.4 Å². The maximum absolute atomic E-state index is 12.1. The molecule has 0 heterocycles. The molecule has 0 fully saturated rings. The highest BCUT2D eigenvalue weighted by atomic mass is 35.5. The van der Waals surface area contributed by atoms with E-state index in [1.807, 2.05) is 61.3 Å². The molecule has 3 nitrogen and oxygen atoms in total. The molecule has 1 amide bonds. The summed E-state index contributed by atoms with van der Waals surface area (Å²) in [6.45, 7) is 2.92. The molecular weight excluding hydrogens is 331 g/mol. The Labute approximate surface area is 147 Å². The second-order valence-electron chi connectivity index (χ2n) is 5.62. The van der Waals surface area contributed by atoms with E-state index < -0.39 is 0 Å². The van der Waals surface area contributed by atoms with Crippen molar-refractivity contribution < 1.29 is 4.79 Å². The second-order valence-corrected chi connectivity index (χ2v) is 6.44. The molecular formula is C18H20Cl2N2O. The summed E-state index contributed by atoms with van der Waals surface area (Å²) in [5.74, 6) is -0.0103. The first-order valence-electron chi connectivity index (χ1n) is 7.42. The minimum absolute atomic E-state index is 0.0103. The lowest BCUT2D eigenvalue weighted by atomic mass is 10.1. The van der Waals surface area contributed by atoms with Crippen molar-refractivity contribution in [2.24, 2.45) is 0 Å². The van der Waals surface area contributed by atoms with Gasteiger partial charge in [0.05, 0.1) is 22.6 Å². The van der Waals surface area contributed by atoms with Crippen LogP contribution in [0.25, 0.3) is 0 Å². The van der Waals surface area contributed by atoms with E-state index in [0.29, 0.717) is 23.1 Å². The summed E-state index contributed by atoms with van der Waals surface area (Å²) in [5, 5.41) is 4.07. The summed E-state index contributed by atoms with van der Waals surface area (Å²) in [4.78, 5) is 14.1. The topological polar surface area (TPSA) is 32.3 Å². The molecule has 23 heavy (non-hydrogen) atoms. The van der Waals surface area contributed by atoms with Crippen LogP contribution in [0.15, 0.2) is 48.5 Å². The number of halogens is 2. The zero-order valence-electron chi connectivity index (χ0n) is 13.2. The van der Waals surface area contributed by atoms with Gasteiger partial charge in [-0.1, -0.05) is 59.6 Å². The standard InChI is InChI=1S/C18H20Cl2N2O/c1-13(15-6-4-3-5-7-15)21-18(23)12-22(2)11-14-8-9-16(19)17(20)10-14/h3-10,13H,11-12H2,1-2H3,(H,21,23)/t13-/m1/s1. The maximum Gasteiger partial charge on any atom is 0.234 e. The Bertz CT molecular complexity index is 661. The Morgan fingerprint density at radius 2 is 1.83 bits per heavy atom. The fourth-order valence-corrected chi connectivity index (χ4v) is 2.68. The zero-order valence-corrected chi connectivity index (χ0v) is 14.7. The molecule has 0 radical (unpaired) electrons. The molecule has 2 aromatic carbocycles. The Balaban J connectivity index is 1.85. The van der Waals surface area contributed by atoms with Crippen LogP contribution in [0, 0.1) is 0 Å². The van der Waals surface area contributed by atoms with Gasteiger partial charge < -0.3 is 5.32 Å². The lowest BCUT2D eigenvalue weighted by molar-refractivity contribution is -0.122. The molecule has 0 aliphatic heterocycles. The third kappa shape index (κ3) is 5.54. The summed E-state index contributed by atoms with van der Waals surface area (Å²) in [7, 11) is 1.90. The molecule has 1 N–H and O–H groups in total. The molecule has 5 heteroatoms. The van der Waals surface area contributed by atoms with Crippen molar-refractivity contribution in [2.45, 2.75) is 19.5 Å². The van der Waals surface area contributed by atoms with Gasteiger partial charge in [-0.25, -0.2) is 0 Å². The predicted molar refractivity (Wildman–Crippen MR) is 95.8 cm³/mol. The fourth-order valence-electron chi connectivity index (χ4n) is 2.36. The molecule has 2 aromatic rings. The van der Waals surface area contributed by atoms with Gasteiger partial charge in [0, 0.05) is 6.54 Å². The van der Waals surface area contributed by atoms with Crippen molar-refractivity contribution in [3.63, 3.8) is 0 Å². The van der Waals surface area contributed by atoms with Crippen LogP contribution in [-0.2, 0) is 11.3 Å². The number of hydrogen-bond donors (Lipinski definition) is 1. The van der Waals surface area contributed by atoms with E-state index in [1.54, 1.807) is 6.07 Å². The van der Waals surface area contributed by atoms with Crippen LogP contribution in [0.3, 0.4) is 0 Å². The van der Waals surface area contributed by atoms with Gasteiger partial charge >= 0.3 is 0 Å². The van der Waals surface area contributed by atoms with Gasteiger partial charge in [-0.15, -0.1) is 0 Å². The van der Waals surface area contributed by atoms with E-state index in [2.05, 4.69) is 5.32 Å². The van der Waals surface area contributed by atoms with Gasteiger partial charge in [-0.3, -0.25) is 9.69 Å². The minimum Gasteiger partial charge on any atom is -0.348 e. The molecule has 1 atom stereocenters. The summed E-state index contributed by atoms with van der Waals surface area (Å²) in [6, 6.07) is 15.4. The minimum atomic E-state index is -0.0120. The van der Waals surface area contributed by atoms with Gasteiger partial charge in [0.25, 0.3) is 0 Å². The van der Waals surface area contributed by atoms with Crippen molar-refractivity contribution in [2.75, 3.05) is 13.6 Å².